The number of hydrogen-bond acceptors (Lipinski definition) is 5. The Balaban J connectivity index is 1.81. The van der Waals surface area contributed by atoms with Crippen molar-refractivity contribution in [2.24, 2.45) is 0 Å². The molecule has 0 aromatic heterocycles. The molecule has 25 heavy (non-hydrogen) atoms. The van der Waals surface area contributed by atoms with Crippen LogP contribution in [-0.4, -0.2) is 49.3 Å². The fourth-order valence-corrected chi connectivity index (χ4v) is 4.12. The lowest BCUT2D eigenvalue weighted by Gasteiger charge is -2.44. The Morgan fingerprint density at radius 3 is 2.40 bits per heavy atom. The Labute approximate surface area is 148 Å². The molecule has 2 aliphatic rings. The topological polar surface area (TPSA) is 55.8 Å². The van der Waals surface area contributed by atoms with Gasteiger partial charge in [-0.1, -0.05) is 12.1 Å². The summed E-state index contributed by atoms with van der Waals surface area (Å²) in [4.78, 5) is 25.9. The SMILES string of the molecule is COC1=CCN([C@H](C=O)Cc2ccc(OC)cc2)C12CCC(=O)CC2. The van der Waals surface area contributed by atoms with E-state index in [4.69, 9.17) is 9.47 Å². The number of nitrogens with zero attached hydrogens (tertiary/aromatic N) is 1. The number of carbonyl (C=O) groups excluding carboxylic acids is 2. The van der Waals surface area contributed by atoms with E-state index in [0.717, 1.165) is 36.2 Å². The number of ether oxygens (including phenoxy) is 2. The van der Waals surface area contributed by atoms with Crippen LogP contribution in [0.15, 0.2) is 36.1 Å². The van der Waals surface area contributed by atoms with E-state index in [2.05, 4.69) is 11.0 Å². The minimum Gasteiger partial charge on any atom is -0.499 e. The molecular formula is C20H25NO4. The minimum absolute atomic E-state index is 0.245. The summed E-state index contributed by atoms with van der Waals surface area (Å²) in [6, 6.07) is 7.56. The van der Waals surface area contributed by atoms with E-state index in [0.29, 0.717) is 31.6 Å². The van der Waals surface area contributed by atoms with Crippen molar-refractivity contribution in [2.75, 3.05) is 20.8 Å². The zero-order valence-corrected chi connectivity index (χ0v) is 14.9. The first-order valence-electron chi connectivity index (χ1n) is 8.74. The van der Waals surface area contributed by atoms with E-state index >= 15 is 0 Å². The van der Waals surface area contributed by atoms with Crippen LogP contribution in [0.2, 0.25) is 0 Å². The molecule has 0 unspecified atom stereocenters. The molecule has 0 bridgehead atoms. The van der Waals surface area contributed by atoms with E-state index in [1.54, 1.807) is 14.2 Å². The van der Waals surface area contributed by atoms with Crippen LogP contribution >= 0.6 is 0 Å². The third-order valence-corrected chi connectivity index (χ3v) is 5.50. The predicted molar refractivity (Wildman–Crippen MR) is 94.6 cm³/mol. The first-order valence-corrected chi connectivity index (χ1v) is 8.74. The van der Waals surface area contributed by atoms with Crippen LogP contribution in [0.1, 0.15) is 31.2 Å². The highest BCUT2D eigenvalue weighted by Crippen LogP contribution is 2.43. The molecule has 1 aromatic rings. The lowest BCUT2D eigenvalue weighted by atomic mass is 9.78. The number of benzene rings is 1. The van der Waals surface area contributed by atoms with Crippen LogP contribution in [0.5, 0.6) is 5.75 Å². The Morgan fingerprint density at radius 1 is 1.16 bits per heavy atom. The lowest BCUT2D eigenvalue weighted by molar-refractivity contribution is -0.124. The summed E-state index contributed by atoms with van der Waals surface area (Å²) in [5.41, 5.74) is 0.770. The lowest BCUT2D eigenvalue weighted by Crippen LogP contribution is -2.54. The number of rotatable bonds is 6. The molecule has 3 rings (SSSR count). The third-order valence-electron chi connectivity index (χ3n) is 5.50. The van der Waals surface area contributed by atoms with Crippen LogP contribution in [0.25, 0.3) is 0 Å². The molecule has 1 aliphatic carbocycles. The van der Waals surface area contributed by atoms with Gasteiger partial charge >= 0.3 is 0 Å². The number of methoxy groups -OCH3 is 2. The van der Waals surface area contributed by atoms with E-state index in [1.807, 2.05) is 24.3 Å². The average Bonchev–Trinajstić information content (AvgIpc) is 3.00. The van der Waals surface area contributed by atoms with Gasteiger partial charge in [-0.15, -0.1) is 0 Å². The smallest absolute Gasteiger partial charge is 0.137 e. The average molecular weight is 343 g/mol. The Kier molecular flexibility index (Phi) is 5.23. The first kappa shape index (κ1) is 17.7. The van der Waals surface area contributed by atoms with Crippen molar-refractivity contribution < 1.29 is 19.1 Å². The summed E-state index contributed by atoms with van der Waals surface area (Å²) in [5.74, 6) is 2.01. The molecule has 1 aliphatic heterocycles. The van der Waals surface area contributed by atoms with Gasteiger partial charge in [-0.05, 0) is 43.0 Å². The summed E-state index contributed by atoms with van der Waals surface area (Å²) in [6.07, 6.45) is 6.25. The maximum atomic E-state index is 11.9. The number of ketones is 1. The second-order valence-electron chi connectivity index (χ2n) is 6.75. The summed E-state index contributed by atoms with van der Waals surface area (Å²) in [5, 5.41) is 0. The normalized spacial score (nSPS) is 21.0. The van der Waals surface area contributed by atoms with Gasteiger partial charge in [0.2, 0.25) is 0 Å². The molecule has 0 radical (unpaired) electrons. The first-order chi connectivity index (χ1) is 12.1. The third kappa shape index (κ3) is 3.33. The summed E-state index contributed by atoms with van der Waals surface area (Å²) in [7, 11) is 3.31. The van der Waals surface area contributed by atoms with Gasteiger partial charge in [0.15, 0.2) is 0 Å². The summed E-state index contributed by atoms with van der Waals surface area (Å²) in [6.45, 7) is 0.678. The van der Waals surface area contributed by atoms with Gasteiger partial charge in [0.1, 0.15) is 23.6 Å². The van der Waals surface area contributed by atoms with Crippen LogP contribution in [0, 0.1) is 0 Å². The fraction of sp³-hybridized carbons (Fsp3) is 0.500. The van der Waals surface area contributed by atoms with Crippen molar-refractivity contribution in [1.82, 2.24) is 4.90 Å². The highest BCUT2D eigenvalue weighted by atomic mass is 16.5. The number of aldehydes is 1. The van der Waals surface area contributed by atoms with Gasteiger partial charge in [-0.3, -0.25) is 9.69 Å². The molecule has 5 heteroatoms. The highest BCUT2D eigenvalue weighted by Gasteiger charge is 2.49. The fourth-order valence-electron chi connectivity index (χ4n) is 4.12. The molecule has 0 saturated heterocycles. The van der Waals surface area contributed by atoms with Crippen molar-refractivity contribution in [3.05, 3.63) is 41.7 Å². The molecule has 1 spiro atoms. The molecule has 5 nitrogen and oxygen atoms in total. The van der Waals surface area contributed by atoms with E-state index in [9.17, 15) is 9.59 Å². The molecule has 1 heterocycles. The summed E-state index contributed by atoms with van der Waals surface area (Å²) >= 11 is 0. The predicted octanol–water partition coefficient (Wildman–Crippen LogP) is 2.53. The van der Waals surface area contributed by atoms with Gasteiger partial charge in [0.05, 0.1) is 25.8 Å². The number of carbonyl (C=O) groups is 2. The number of hydrogen-bond donors (Lipinski definition) is 0. The van der Waals surface area contributed by atoms with Crippen LogP contribution in [0.4, 0.5) is 0 Å². The maximum absolute atomic E-state index is 11.9. The molecule has 0 amide bonds. The van der Waals surface area contributed by atoms with Gasteiger partial charge < -0.3 is 14.3 Å². The quantitative estimate of drug-likeness (QED) is 0.743. The Bertz CT molecular complexity index is 655. The van der Waals surface area contributed by atoms with Crippen molar-refractivity contribution in [2.45, 2.75) is 43.7 Å². The van der Waals surface area contributed by atoms with Crippen molar-refractivity contribution in [1.29, 1.82) is 0 Å². The zero-order valence-electron chi connectivity index (χ0n) is 14.9. The largest absolute Gasteiger partial charge is 0.499 e. The van der Waals surface area contributed by atoms with Crippen molar-refractivity contribution in [3.63, 3.8) is 0 Å². The zero-order chi connectivity index (χ0) is 17.9. The summed E-state index contributed by atoms with van der Waals surface area (Å²) < 4.78 is 10.8. The maximum Gasteiger partial charge on any atom is 0.137 e. The second-order valence-corrected chi connectivity index (χ2v) is 6.75. The van der Waals surface area contributed by atoms with Crippen LogP contribution in [0.3, 0.4) is 0 Å². The number of Topliss-reactive ketones (excluding diaryl/α,β-unsaturated/α-hetero) is 1. The van der Waals surface area contributed by atoms with Gasteiger partial charge in [0.25, 0.3) is 0 Å². The van der Waals surface area contributed by atoms with E-state index in [1.165, 1.54) is 0 Å². The standard InChI is InChI=1S/C20H25NO4/c1-24-18-5-3-15(4-6-18)13-16(14-22)21-12-9-19(25-2)20(21)10-7-17(23)8-11-20/h3-6,9,14,16H,7-8,10-13H2,1-2H3/t16-/m0/s1. The van der Waals surface area contributed by atoms with Crippen molar-refractivity contribution >= 4 is 12.1 Å². The monoisotopic (exact) mass is 343 g/mol. The molecule has 1 atom stereocenters. The second kappa shape index (κ2) is 7.40. The molecule has 134 valence electrons. The van der Waals surface area contributed by atoms with Gasteiger partial charge in [-0.25, -0.2) is 0 Å². The minimum atomic E-state index is -0.319. The van der Waals surface area contributed by atoms with E-state index in [-0.39, 0.29) is 11.6 Å². The Hall–Kier alpha value is -2.14. The Morgan fingerprint density at radius 2 is 1.84 bits per heavy atom. The molecule has 1 aromatic carbocycles. The van der Waals surface area contributed by atoms with E-state index < -0.39 is 0 Å². The molecular weight excluding hydrogens is 318 g/mol. The highest BCUT2D eigenvalue weighted by molar-refractivity contribution is 5.80. The molecule has 1 saturated carbocycles. The van der Waals surface area contributed by atoms with Crippen LogP contribution < -0.4 is 4.74 Å². The van der Waals surface area contributed by atoms with Gasteiger partial charge in [0, 0.05) is 19.4 Å². The van der Waals surface area contributed by atoms with Crippen LogP contribution in [-0.2, 0) is 20.7 Å². The molecule has 1 fully saturated rings. The van der Waals surface area contributed by atoms with Crippen molar-refractivity contribution in [3.8, 4) is 5.75 Å². The van der Waals surface area contributed by atoms with Gasteiger partial charge in [-0.2, -0.15) is 0 Å². The molecule has 0 N–H and O–H groups in total.